The van der Waals surface area contributed by atoms with Crippen LogP contribution >= 0.6 is 0 Å². The van der Waals surface area contributed by atoms with Crippen LogP contribution < -0.4 is 0 Å². The van der Waals surface area contributed by atoms with Gasteiger partial charge in [0.1, 0.15) is 0 Å². The number of hydrogen-bond acceptors (Lipinski definition) is 2. The second kappa shape index (κ2) is 5.87. The predicted octanol–water partition coefficient (Wildman–Crippen LogP) is 2.11. The summed E-state index contributed by atoms with van der Waals surface area (Å²) in [6.07, 6.45) is 4.51. The number of nitrogens with zero attached hydrogens (tertiary/aromatic N) is 1. The topological polar surface area (TPSA) is 57.6 Å². The smallest absolute Gasteiger partial charge is 0.305 e. The largest absolute Gasteiger partial charge is 0.481 e. The molecule has 102 valence electrons. The molecule has 1 aliphatic carbocycles. The van der Waals surface area contributed by atoms with Gasteiger partial charge in [-0.05, 0) is 48.9 Å². The first-order valence-corrected chi connectivity index (χ1v) is 6.67. The van der Waals surface area contributed by atoms with Gasteiger partial charge in [0.05, 0.1) is 6.42 Å². The Morgan fingerprint density at radius 1 is 1.21 bits per heavy atom. The lowest BCUT2D eigenvalue weighted by atomic mass is 9.90. The third kappa shape index (κ3) is 3.34. The summed E-state index contributed by atoms with van der Waals surface area (Å²) >= 11 is 0. The van der Waals surface area contributed by atoms with Crippen LogP contribution in [-0.2, 0) is 17.6 Å². The Bertz CT molecular complexity index is 496. The number of amides is 1. The van der Waals surface area contributed by atoms with Crippen LogP contribution in [0, 0.1) is 0 Å². The molecule has 0 aromatic heterocycles. The zero-order valence-corrected chi connectivity index (χ0v) is 11.2. The van der Waals surface area contributed by atoms with Crippen molar-refractivity contribution in [2.75, 3.05) is 13.6 Å². The molecule has 0 bridgehead atoms. The summed E-state index contributed by atoms with van der Waals surface area (Å²) in [5, 5.41) is 8.63. The van der Waals surface area contributed by atoms with Gasteiger partial charge in [-0.2, -0.15) is 0 Å². The normalized spacial score (nSPS) is 13.7. The zero-order valence-electron chi connectivity index (χ0n) is 11.2. The minimum Gasteiger partial charge on any atom is -0.481 e. The van der Waals surface area contributed by atoms with Gasteiger partial charge in [0.25, 0.3) is 5.91 Å². The number of hydrogen-bond donors (Lipinski definition) is 1. The fourth-order valence-corrected chi connectivity index (χ4v) is 2.45. The van der Waals surface area contributed by atoms with Crippen molar-refractivity contribution in [1.82, 2.24) is 4.90 Å². The van der Waals surface area contributed by atoms with Gasteiger partial charge in [-0.3, -0.25) is 9.59 Å². The molecule has 0 atom stereocenters. The first kappa shape index (κ1) is 13.6. The van der Waals surface area contributed by atoms with Crippen LogP contribution in [-0.4, -0.2) is 35.5 Å². The van der Waals surface area contributed by atoms with Crippen molar-refractivity contribution in [1.29, 1.82) is 0 Å². The molecular formula is C15H19NO3. The van der Waals surface area contributed by atoms with Gasteiger partial charge in [0, 0.05) is 19.2 Å². The Hall–Kier alpha value is -1.84. The SMILES string of the molecule is CN(CCC(=O)O)C(=O)c1ccc2c(c1)CCCC2. The van der Waals surface area contributed by atoms with E-state index in [9.17, 15) is 9.59 Å². The Labute approximate surface area is 113 Å². The van der Waals surface area contributed by atoms with Crippen molar-refractivity contribution < 1.29 is 14.7 Å². The first-order chi connectivity index (χ1) is 9.08. The van der Waals surface area contributed by atoms with Crippen LogP contribution in [0.25, 0.3) is 0 Å². The molecule has 0 radical (unpaired) electrons. The summed E-state index contributed by atoms with van der Waals surface area (Å²) in [7, 11) is 1.64. The Morgan fingerprint density at radius 2 is 1.89 bits per heavy atom. The first-order valence-electron chi connectivity index (χ1n) is 6.67. The van der Waals surface area contributed by atoms with Crippen LogP contribution in [0.15, 0.2) is 18.2 Å². The molecular weight excluding hydrogens is 242 g/mol. The number of rotatable bonds is 4. The summed E-state index contributed by atoms with van der Waals surface area (Å²) in [5.74, 6) is -0.986. The lowest BCUT2D eigenvalue weighted by Gasteiger charge is -2.19. The molecule has 1 aromatic carbocycles. The molecule has 4 nitrogen and oxygen atoms in total. The molecule has 1 aliphatic rings. The maximum absolute atomic E-state index is 12.2. The molecule has 0 heterocycles. The van der Waals surface area contributed by atoms with Crippen molar-refractivity contribution in [2.24, 2.45) is 0 Å². The summed E-state index contributed by atoms with van der Waals surface area (Å²) in [5.41, 5.74) is 3.27. The molecule has 0 saturated heterocycles. The predicted molar refractivity (Wildman–Crippen MR) is 72.3 cm³/mol. The van der Waals surface area contributed by atoms with Crippen molar-refractivity contribution in [3.63, 3.8) is 0 Å². The highest BCUT2D eigenvalue weighted by Crippen LogP contribution is 2.22. The van der Waals surface area contributed by atoms with Crippen LogP contribution in [0.3, 0.4) is 0 Å². The second-order valence-corrected chi connectivity index (χ2v) is 5.06. The molecule has 0 spiro atoms. The molecule has 1 amide bonds. The molecule has 4 heteroatoms. The van der Waals surface area contributed by atoms with E-state index in [1.165, 1.54) is 28.9 Å². The summed E-state index contributed by atoms with van der Waals surface area (Å²) < 4.78 is 0. The van der Waals surface area contributed by atoms with E-state index >= 15 is 0 Å². The van der Waals surface area contributed by atoms with Gasteiger partial charge in [-0.25, -0.2) is 0 Å². The maximum atomic E-state index is 12.2. The Morgan fingerprint density at radius 3 is 2.58 bits per heavy atom. The molecule has 0 fully saturated rings. The van der Waals surface area contributed by atoms with E-state index in [0.29, 0.717) is 5.56 Å². The van der Waals surface area contributed by atoms with Crippen molar-refractivity contribution in [3.05, 3.63) is 34.9 Å². The minimum atomic E-state index is -0.884. The van der Waals surface area contributed by atoms with Crippen molar-refractivity contribution in [3.8, 4) is 0 Å². The highest BCUT2D eigenvalue weighted by molar-refractivity contribution is 5.94. The molecule has 19 heavy (non-hydrogen) atoms. The second-order valence-electron chi connectivity index (χ2n) is 5.06. The van der Waals surface area contributed by atoms with E-state index in [-0.39, 0.29) is 18.9 Å². The average Bonchev–Trinajstić information content (AvgIpc) is 2.43. The molecule has 0 saturated carbocycles. The Kier molecular flexibility index (Phi) is 4.20. The summed E-state index contributed by atoms with van der Waals surface area (Å²) in [6.45, 7) is 0.241. The van der Waals surface area contributed by atoms with Crippen LogP contribution in [0.1, 0.15) is 40.7 Å². The van der Waals surface area contributed by atoms with Gasteiger partial charge in [-0.1, -0.05) is 6.07 Å². The zero-order chi connectivity index (χ0) is 13.8. The maximum Gasteiger partial charge on any atom is 0.305 e. The lowest BCUT2D eigenvalue weighted by molar-refractivity contribution is -0.137. The van der Waals surface area contributed by atoms with E-state index in [2.05, 4.69) is 0 Å². The fraction of sp³-hybridized carbons (Fsp3) is 0.467. The molecule has 1 aromatic rings. The quantitative estimate of drug-likeness (QED) is 0.903. The average molecular weight is 261 g/mol. The monoisotopic (exact) mass is 261 g/mol. The number of carboxylic acids is 1. The third-order valence-corrected chi connectivity index (χ3v) is 3.60. The molecule has 1 N–H and O–H groups in total. The molecule has 2 rings (SSSR count). The lowest BCUT2D eigenvalue weighted by Crippen LogP contribution is -2.29. The van der Waals surface area contributed by atoms with Gasteiger partial charge < -0.3 is 10.0 Å². The van der Waals surface area contributed by atoms with Crippen molar-refractivity contribution in [2.45, 2.75) is 32.1 Å². The van der Waals surface area contributed by atoms with Crippen molar-refractivity contribution >= 4 is 11.9 Å². The third-order valence-electron chi connectivity index (χ3n) is 3.60. The van der Waals surface area contributed by atoms with E-state index < -0.39 is 5.97 Å². The number of fused-ring (bicyclic) bond motifs is 1. The number of benzene rings is 1. The number of aliphatic carboxylic acids is 1. The Balaban J connectivity index is 2.08. The summed E-state index contributed by atoms with van der Waals surface area (Å²) in [6, 6.07) is 5.85. The number of carbonyl (C=O) groups excluding carboxylic acids is 1. The van der Waals surface area contributed by atoms with E-state index in [0.717, 1.165) is 12.8 Å². The highest BCUT2D eigenvalue weighted by Gasteiger charge is 2.16. The summed E-state index contributed by atoms with van der Waals surface area (Å²) in [4.78, 5) is 24.2. The molecule has 0 unspecified atom stereocenters. The highest BCUT2D eigenvalue weighted by atomic mass is 16.4. The standard InChI is InChI=1S/C15H19NO3/c1-16(9-8-14(17)18)15(19)13-7-6-11-4-2-3-5-12(11)10-13/h6-7,10H,2-5,8-9H2,1H3,(H,17,18). The van der Waals surface area contributed by atoms with E-state index in [4.69, 9.17) is 5.11 Å². The van der Waals surface area contributed by atoms with Gasteiger partial charge in [-0.15, -0.1) is 0 Å². The minimum absolute atomic E-state index is 0.0207. The fourth-order valence-electron chi connectivity index (χ4n) is 2.45. The van der Waals surface area contributed by atoms with E-state index in [1.807, 2.05) is 18.2 Å². The number of aryl methyl sites for hydroxylation is 2. The van der Waals surface area contributed by atoms with Crippen LogP contribution in [0.5, 0.6) is 0 Å². The molecule has 0 aliphatic heterocycles. The van der Waals surface area contributed by atoms with E-state index in [1.54, 1.807) is 7.05 Å². The van der Waals surface area contributed by atoms with Gasteiger partial charge >= 0.3 is 5.97 Å². The van der Waals surface area contributed by atoms with Crippen LogP contribution in [0.4, 0.5) is 0 Å². The number of carboxylic acid groups (broad SMARTS) is 1. The number of carbonyl (C=O) groups is 2. The van der Waals surface area contributed by atoms with Crippen LogP contribution in [0.2, 0.25) is 0 Å². The van der Waals surface area contributed by atoms with Gasteiger partial charge in [0.15, 0.2) is 0 Å². The van der Waals surface area contributed by atoms with Gasteiger partial charge in [0.2, 0.25) is 0 Å².